The predicted molar refractivity (Wildman–Crippen MR) is 150 cm³/mol. The molecular weight excluding hydrogens is 569 g/mol. The number of ether oxygens (including phenoxy) is 2. The molecule has 0 amide bonds. The Morgan fingerprint density at radius 1 is 1.29 bits per heavy atom. The van der Waals surface area contributed by atoms with Crippen molar-refractivity contribution in [3.63, 3.8) is 0 Å². The topological polar surface area (TPSA) is 187 Å². The van der Waals surface area contributed by atoms with Crippen molar-refractivity contribution in [1.29, 1.82) is 0 Å². The van der Waals surface area contributed by atoms with Gasteiger partial charge in [-0.15, -0.1) is 0 Å². The van der Waals surface area contributed by atoms with Gasteiger partial charge in [0.2, 0.25) is 0 Å². The number of carbonyl (C=O) groups is 1. The number of imidazole rings is 1. The van der Waals surface area contributed by atoms with E-state index in [4.69, 9.17) is 18.5 Å². The first-order chi connectivity index (χ1) is 20.0. The molecule has 1 saturated heterocycles. The number of aryl methyl sites for hydroxylation is 1. The average Bonchev–Trinajstić information content (AvgIpc) is 3.46. The van der Waals surface area contributed by atoms with Crippen LogP contribution in [0, 0.1) is 6.92 Å². The van der Waals surface area contributed by atoms with Gasteiger partial charge < -0.3 is 29.2 Å². The van der Waals surface area contributed by atoms with E-state index in [0.29, 0.717) is 5.82 Å². The number of benzene rings is 1. The van der Waals surface area contributed by atoms with E-state index in [2.05, 4.69) is 20.0 Å². The van der Waals surface area contributed by atoms with Gasteiger partial charge in [-0.1, -0.05) is 24.6 Å². The Balaban J connectivity index is 1.32. The minimum absolute atomic E-state index is 0.0354. The van der Waals surface area contributed by atoms with Crippen molar-refractivity contribution in [3.05, 3.63) is 52.8 Å². The molecule has 5 rings (SSSR count). The summed E-state index contributed by atoms with van der Waals surface area (Å²) in [5.74, 6) is -0.0451. The summed E-state index contributed by atoms with van der Waals surface area (Å²) < 4.78 is 38.3. The third-order valence-corrected chi connectivity index (χ3v) is 9.12. The zero-order chi connectivity index (χ0) is 30.1. The van der Waals surface area contributed by atoms with E-state index in [1.165, 1.54) is 24.7 Å². The fourth-order valence-corrected chi connectivity index (χ4v) is 6.71. The average molecular weight is 606 g/mol. The second kappa shape index (κ2) is 12.2. The molecule has 3 heterocycles. The number of H-pyrrole nitrogens is 1. The molecule has 2 fully saturated rings. The number of nitrogens with one attached hydrogen (secondary N) is 2. The molecule has 0 spiro atoms. The van der Waals surface area contributed by atoms with E-state index in [9.17, 15) is 24.4 Å². The zero-order valence-electron chi connectivity index (χ0n) is 23.6. The summed E-state index contributed by atoms with van der Waals surface area (Å²) in [6.07, 6.45) is 1.79. The highest BCUT2D eigenvalue weighted by molar-refractivity contribution is 7.52. The number of nitrogens with zero attached hydrogens (tertiary/aromatic N) is 3. The van der Waals surface area contributed by atoms with Crippen molar-refractivity contribution in [3.8, 4) is 5.75 Å². The molecule has 15 heteroatoms. The Hall–Kier alpha value is -3.13. The predicted octanol–water partition coefficient (Wildman–Crippen LogP) is 2.50. The summed E-state index contributed by atoms with van der Waals surface area (Å²) >= 11 is 0. The molecule has 6 atom stereocenters. The standard InChI is InChI=1S/C27H36N5O9P/c1-16(25(35)39-18-10-6-4-7-11-18)31-42(37,41-19-12-8-5-9-13-19)38-14-20-22(33)27(3,36)26(40-20)32-15-28-21-23(32)29-17(2)30-24(21)34/h5,8-9,12-13,15-16,18,20,22,26,33,36H,4,6-7,10-11,14H2,1-3H3,(H,31,37)(H,29,30,34)/t16?,20-,22-,26-,27-,42?/m1/s1. The van der Waals surface area contributed by atoms with Crippen molar-refractivity contribution in [2.45, 2.75) is 89.1 Å². The van der Waals surface area contributed by atoms with Crippen LogP contribution in [0.25, 0.3) is 11.2 Å². The fourth-order valence-electron chi connectivity index (χ4n) is 5.21. The maximum absolute atomic E-state index is 13.9. The number of aliphatic hydroxyl groups is 2. The first-order valence-corrected chi connectivity index (χ1v) is 15.5. The number of aliphatic hydroxyl groups excluding tert-OH is 1. The molecule has 42 heavy (non-hydrogen) atoms. The van der Waals surface area contributed by atoms with E-state index in [1.54, 1.807) is 37.3 Å². The van der Waals surface area contributed by atoms with E-state index >= 15 is 0 Å². The summed E-state index contributed by atoms with van der Waals surface area (Å²) in [6, 6.07) is 7.23. The van der Waals surface area contributed by atoms with Crippen LogP contribution in [-0.2, 0) is 23.4 Å². The van der Waals surface area contributed by atoms with Gasteiger partial charge >= 0.3 is 13.7 Å². The second-order valence-corrected chi connectivity index (χ2v) is 12.6. The van der Waals surface area contributed by atoms with Crippen LogP contribution >= 0.6 is 7.75 Å². The van der Waals surface area contributed by atoms with Gasteiger partial charge in [-0.25, -0.2) is 14.5 Å². The monoisotopic (exact) mass is 605 g/mol. The van der Waals surface area contributed by atoms with E-state index in [0.717, 1.165) is 32.1 Å². The number of aromatic amines is 1. The van der Waals surface area contributed by atoms with Crippen LogP contribution in [0.5, 0.6) is 5.75 Å². The summed E-state index contributed by atoms with van der Waals surface area (Å²) in [5.41, 5.74) is -2.15. The van der Waals surface area contributed by atoms with E-state index in [1.807, 2.05) is 0 Å². The molecule has 4 N–H and O–H groups in total. The maximum Gasteiger partial charge on any atom is 0.459 e. The number of para-hydroxylation sites is 1. The number of aromatic nitrogens is 4. The molecule has 1 saturated carbocycles. The molecular formula is C27H36N5O9P. The van der Waals surface area contributed by atoms with E-state index < -0.39 is 56.0 Å². The van der Waals surface area contributed by atoms with Crippen LogP contribution in [0.3, 0.4) is 0 Å². The normalized spacial score (nSPS) is 27.0. The highest BCUT2D eigenvalue weighted by Crippen LogP contribution is 2.47. The molecule has 228 valence electrons. The highest BCUT2D eigenvalue weighted by atomic mass is 31.2. The summed E-state index contributed by atoms with van der Waals surface area (Å²) in [4.78, 5) is 36.1. The lowest BCUT2D eigenvalue weighted by atomic mass is 9.96. The molecule has 1 aliphatic carbocycles. The fraction of sp³-hybridized carbons (Fsp3) is 0.556. The summed E-state index contributed by atoms with van der Waals surface area (Å²) in [6.45, 7) is 3.96. The lowest BCUT2D eigenvalue weighted by Gasteiger charge is -2.27. The first-order valence-electron chi connectivity index (χ1n) is 13.9. The Morgan fingerprint density at radius 3 is 2.71 bits per heavy atom. The van der Waals surface area contributed by atoms with Crippen LogP contribution < -0.4 is 15.2 Å². The minimum Gasteiger partial charge on any atom is -0.461 e. The van der Waals surface area contributed by atoms with Crippen molar-refractivity contribution in [1.82, 2.24) is 24.6 Å². The minimum atomic E-state index is -4.26. The van der Waals surface area contributed by atoms with Crippen LogP contribution in [-0.4, -0.2) is 72.3 Å². The van der Waals surface area contributed by atoms with Crippen molar-refractivity contribution >= 4 is 24.9 Å². The number of hydrogen-bond donors (Lipinski definition) is 4. The summed E-state index contributed by atoms with van der Waals surface area (Å²) in [7, 11) is -4.26. The first kappa shape index (κ1) is 30.3. The van der Waals surface area contributed by atoms with Gasteiger partial charge in [0.15, 0.2) is 17.4 Å². The van der Waals surface area contributed by atoms with Crippen LogP contribution in [0.4, 0.5) is 0 Å². The number of fused-ring (bicyclic) bond motifs is 1. The summed E-state index contributed by atoms with van der Waals surface area (Å²) in [5, 5.41) is 24.9. The highest BCUT2D eigenvalue weighted by Gasteiger charge is 2.54. The smallest absolute Gasteiger partial charge is 0.459 e. The van der Waals surface area contributed by atoms with Crippen LogP contribution in [0.1, 0.15) is 58.0 Å². The number of carbonyl (C=O) groups excluding carboxylic acids is 1. The Kier molecular flexibility index (Phi) is 8.83. The van der Waals surface area contributed by atoms with Gasteiger partial charge in [0.05, 0.1) is 12.9 Å². The molecule has 2 aliphatic rings. The molecule has 2 unspecified atom stereocenters. The molecule has 1 aromatic carbocycles. The van der Waals surface area contributed by atoms with Gasteiger partial charge in [-0.2, -0.15) is 5.09 Å². The Bertz CT molecular complexity index is 1500. The van der Waals surface area contributed by atoms with Crippen LogP contribution in [0.2, 0.25) is 0 Å². The third kappa shape index (κ3) is 6.43. The molecule has 3 aromatic rings. The van der Waals surface area contributed by atoms with Crippen molar-refractivity contribution in [2.24, 2.45) is 0 Å². The zero-order valence-corrected chi connectivity index (χ0v) is 24.5. The molecule has 2 aromatic heterocycles. The maximum atomic E-state index is 13.9. The lowest BCUT2D eigenvalue weighted by Crippen LogP contribution is -2.44. The lowest BCUT2D eigenvalue weighted by molar-refractivity contribution is -0.152. The third-order valence-electron chi connectivity index (χ3n) is 7.48. The second-order valence-electron chi connectivity index (χ2n) is 10.9. The number of esters is 1. The largest absolute Gasteiger partial charge is 0.461 e. The van der Waals surface area contributed by atoms with Crippen molar-refractivity contribution in [2.75, 3.05) is 6.61 Å². The van der Waals surface area contributed by atoms with Gasteiger partial charge in [-0.05, 0) is 58.6 Å². The SMILES string of the molecule is Cc1nc2c(ncn2[C@@H]2O[C@H](COP(=O)(NC(C)C(=O)OC3CCCCC3)Oc3ccccc3)[C@@H](O)[C@@]2(C)O)c(=O)[nH]1. The van der Waals surface area contributed by atoms with Crippen molar-refractivity contribution < 1.29 is 38.1 Å². The Morgan fingerprint density at radius 2 is 2.00 bits per heavy atom. The van der Waals surface area contributed by atoms with Gasteiger partial charge in [0, 0.05) is 0 Å². The molecule has 14 nitrogen and oxygen atoms in total. The van der Waals surface area contributed by atoms with Crippen LogP contribution in [0.15, 0.2) is 41.5 Å². The number of rotatable bonds is 10. The van der Waals surface area contributed by atoms with Gasteiger partial charge in [0.1, 0.15) is 41.5 Å². The molecule has 0 bridgehead atoms. The molecule has 0 radical (unpaired) electrons. The van der Waals surface area contributed by atoms with E-state index in [-0.39, 0.29) is 23.0 Å². The Labute approximate surface area is 242 Å². The van der Waals surface area contributed by atoms with Gasteiger partial charge in [-0.3, -0.25) is 18.7 Å². The quantitative estimate of drug-likeness (QED) is 0.196. The van der Waals surface area contributed by atoms with Gasteiger partial charge in [0.25, 0.3) is 5.56 Å². The molecule has 1 aliphatic heterocycles. The number of hydrogen-bond acceptors (Lipinski definition) is 11.